The van der Waals surface area contributed by atoms with Gasteiger partial charge in [-0.1, -0.05) is 18.2 Å². The monoisotopic (exact) mass is 177 g/mol. The summed E-state index contributed by atoms with van der Waals surface area (Å²) in [4.78, 5) is 0. The molecule has 0 fully saturated rings. The lowest BCUT2D eigenvalue weighted by Crippen LogP contribution is -1.75. The van der Waals surface area contributed by atoms with E-state index >= 15 is 0 Å². The van der Waals surface area contributed by atoms with Crippen molar-refractivity contribution < 1.29 is 4.42 Å². The molecule has 0 aliphatic carbocycles. The van der Waals surface area contributed by atoms with Gasteiger partial charge in [0.2, 0.25) is 5.89 Å². The first-order chi connectivity index (χ1) is 5.86. The van der Waals surface area contributed by atoms with Crippen LogP contribution in [0.5, 0.6) is 0 Å². The van der Waals surface area contributed by atoms with Gasteiger partial charge in [-0.15, -0.1) is 10.2 Å². The summed E-state index contributed by atoms with van der Waals surface area (Å²) in [7, 11) is 0. The maximum Gasteiger partial charge on any atom is 0.245 e. The second-order valence-electron chi connectivity index (χ2n) is 2.24. The number of aromatic nitrogens is 2. The number of benzene rings is 1. The lowest BCUT2D eigenvalue weighted by Gasteiger charge is -1.93. The van der Waals surface area contributed by atoms with E-state index in [1.54, 1.807) is 0 Å². The Hall–Kier alpha value is -1.42. The summed E-state index contributed by atoms with van der Waals surface area (Å²) in [5, 5.41) is 7.53. The normalized spacial score (nSPS) is 10.0. The molecule has 0 aliphatic rings. The van der Waals surface area contributed by atoms with Gasteiger partial charge in [-0.3, -0.25) is 0 Å². The van der Waals surface area contributed by atoms with Crippen LogP contribution in [-0.2, 0) is 12.6 Å². The Labute approximate surface area is 74.8 Å². The first-order valence-corrected chi connectivity index (χ1v) is 3.83. The lowest BCUT2D eigenvalue weighted by atomic mass is 10.2. The molecule has 0 unspecified atom stereocenters. The highest BCUT2D eigenvalue weighted by molar-refractivity contribution is 7.58. The Morgan fingerprint density at radius 1 is 1.08 bits per heavy atom. The molecule has 4 heteroatoms. The van der Waals surface area contributed by atoms with Crippen molar-refractivity contribution in [2.24, 2.45) is 0 Å². The van der Waals surface area contributed by atoms with E-state index in [1.165, 1.54) is 0 Å². The van der Waals surface area contributed by atoms with Crippen LogP contribution >= 0.6 is 0 Å². The molecular formula is C8H5N2OS-. The Morgan fingerprint density at radius 3 is 2.42 bits per heavy atom. The van der Waals surface area contributed by atoms with Crippen molar-refractivity contribution in [1.29, 1.82) is 0 Å². The van der Waals surface area contributed by atoms with E-state index in [9.17, 15) is 0 Å². The summed E-state index contributed by atoms with van der Waals surface area (Å²) in [6.07, 6.45) is 0. The van der Waals surface area contributed by atoms with Crippen molar-refractivity contribution in [3.63, 3.8) is 0 Å². The van der Waals surface area contributed by atoms with Gasteiger partial charge < -0.3 is 17.0 Å². The summed E-state index contributed by atoms with van der Waals surface area (Å²) >= 11 is 4.69. The third-order valence-electron chi connectivity index (χ3n) is 1.43. The highest BCUT2D eigenvalue weighted by Crippen LogP contribution is 2.16. The lowest BCUT2D eigenvalue weighted by molar-refractivity contribution is 0.467. The first-order valence-electron chi connectivity index (χ1n) is 3.42. The predicted molar refractivity (Wildman–Crippen MR) is 45.4 cm³/mol. The largest absolute Gasteiger partial charge is 0.719 e. The molecular weight excluding hydrogens is 172 g/mol. The van der Waals surface area contributed by atoms with Gasteiger partial charge in [0.1, 0.15) is 0 Å². The summed E-state index contributed by atoms with van der Waals surface area (Å²) in [5.74, 6) is 0.473. The SMILES string of the molecule is [S-]c1nnc(-c2ccccc2)o1. The standard InChI is InChI=1S/C8H6N2OS/c12-8-10-9-7(11-8)6-4-2-1-3-5-6/h1-5H,(H,10,12)/p-1. The van der Waals surface area contributed by atoms with E-state index in [0.717, 1.165) is 5.56 Å². The summed E-state index contributed by atoms with van der Waals surface area (Å²) in [6.45, 7) is 0. The van der Waals surface area contributed by atoms with E-state index in [0.29, 0.717) is 5.89 Å². The molecule has 1 aromatic heterocycles. The summed E-state index contributed by atoms with van der Waals surface area (Å²) in [5.41, 5.74) is 0.890. The van der Waals surface area contributed by atoms with E-state index in [1.807, 2.05) is 30.3 Å². The van der Waals surface area contributed by atoms with Crippen LogP contribution in [-0.4, -0.2) is 10.2 Å². The smallest absolute Gasteiger partial charge is 0.245 e. The van der Waals surface area contributed by atoms with E-state index in [4.69, 9.17) is 17.0 Å². The fraction of sp³-hybridized carbons (Fsp3) is 0. The van der Waals surface area contributed by atoms with Gasteiger partial charge in [0.05, 0.1) is 5.22 Å². The van der Waals surface area contributed by atoms with Gasteiger partial charge in [0, 0.05) is 5.56 Å². The first kappa shape index (κ1) is 7.24. The van der Waals surface area contributed by atoms with Gasteiger partial charge in [-0.2, -0.15) is 0 Å². The van der Waals surface area contributed by atoms with Crippen LogP contribution in [0.1, 0.15) is 0 Å². The molecule has 0 saturated carbocycles. The van der Waals surface area contributed by atoms with Crippen LogP contribution in [0.4, 0.5) is 0 Å². The number of hydrogen-bond donors (Lipinski definition) is 0. The maximum absolute atomic E-state index is 5.06. The van der Waals surface area contributed by atoms with Crippen LogP contribution in [0, 0.1) is 0 Å². The molecule has 12 heavy (non-hydrogen) atoms. The minimum atomic E-state index is 0.175. The van der Waals surface area contributed by atoms with Crippen molar-refractivity contribution in [3.8, 4) is 11.5 Å². The third kappa shape index (κ3) is 1.29. The van der Waals surface area contributed by atoms with Gasteiger partial charge >= 0.3 is 0 Å². The molecule has 2 rings (SSSR count). The molecule has 0 amide bonds. The zero-order valence-electron chi connectivity index (χ0n) is 6.10. The highest BCUT2D eigenvalue weighted by Gasteiger charge is 2.00. The molecule has 0 saturated heterocycles. The van der Waals surface area contributed by atoms with Crippen LogP contribution in [0.25, 0.3) is 11.5 Å². The quantitative estimate of drug-likeness (QED) is 0.621. The molecule has 1 aromatic carbocycles. The van der Waals surface area contributed by atoms with Gasteiger partial charge in [0.15, 0.2) is 0 Å². The molecule has 0 atom stereocenters. The van der Waals surface area contributed by atoms with Gasteiger partial charge in [0.25, 0.3) is 0 Å². The maximum atomic E-state index is 5.06. The fourth-order valence-electron chi connectivity index (χ4n) is 0.907. The average molecular weight is 177 g/mol. The molecule has 3 nitrogen and oxygen atoms in total. The van der Waals surface area contributed by atoms with Crippen molar-refractivity contribution >= 4 is 12.6 Å². The highest BCUT2D eigenvalue weighted by atomic mass is 32.1. The molecule has 60 valence electrons. The second-order valence-corrected chi connectivity index (χ2v) is 2.59. The topological polar surface area (TPSA) is 38.9 Å². The van der Waals surface area contributed by atoms with Crippen LogP contribution in [0.3, 0.4) is 0 Å². The molecule has 0 N–H and O–H groups in total. The number of rotatable bonds is 1. The number of hydrogen-bond acceptors (Lipinski definition) is 4. The van der Waals surface area contributed by atoms with Crippen molar-refractivity contribution in [1.82, 2.24) is 10.2 Å². The molecule has 0 aliphatic heterocycles. The third-order valence-corrected chi connectivity index (χ3v) is 1.59. The molecule has 1 heterocycles. The van der Waals surface area contributed by atoms with E-state index < -0.39 is 0 Å². The minimum absolute atomic E-state index is 0.175. The Morgan fingerprint density at radius 2 is 1.83 bits per heavy atom. The Kier molecular flexibility index (Phi) is 1.75. The van der Waals surface area contributed by atoms with Gasteiger partial charge in [-0.25, -0.2) is 0 Å². The molecule has 0 spiro atoms. The molecule has 0 radical (unpaired) electrons. The van der Waals surface area contributed by atoms with E-state index in [-0.39, 0.29) is 5.22 Å². The fourth-order valence-corrected chi connectivity index (χ4v) is 1.03. The Balaban J connectivity index is 2.45. The number of nitrogens with zero attached hydrogens (tertiary/aromatic N) is 2. The van der Waals surface area contributed by atoms with Crippen molar-refractivity contribution in [2.45, 2.75) is 5.22 Å². The van der Waals surface area contributed by atoms with Gasteiger partial charge in [-0.05, 0) is 12.1 Å². The van der Waals surface area contributed by atoms with Crippen LogP contribution < -0.4 is 0 Å². The van der Waals surface area contributed by atoms with Crippen LogP contribution in [0.15, 0.2) is 40.0 Å². The summed E-state index contributed by atoms with van der Waals surface area (Å²) in [6, 6.07) is 9.52. The van der Waals surface area contributed by atoms with Crippen molar-refractivity contribution in [2.75, 3.05) is 0 Å². The van der Waals surface area contributed by atoms with Crippen molar-refractivity contribution in [3.05, 3.63) is 30.3 Å². The predicted octanol–water partition coefficient (Wildman–Crippen LogP) is 1.64. The summed E-state index contributed by atoms with van der Waals surface area (Å²) < 4.78 is 5.06. The zero-order valence-corrected chi connectivity index (χ0v) is 6.91. The van der Waals surface area contributed by atoms with Crippen LogP contribution in [0.2, 0.25) is 0 Å². The molecule has 2 aromatic rings. The zero-order chi connectivity index (χ0) is 8.39. The molecule has 0 bridgehead atoms. The average Bonchev–Trinajstić information content (AvgIpc) is 2.54. The minimum Gasteiger partial charge on any atom is -0.719 e. The van der Waals surface area contributed by atoms with E-state index in [2.05, 4.69) is 10.2 Å². The Bertz CT molecular complexity index is 372. The second kappa shape index (κ2) is 2.91.